The molecule has 0 unspecified atom stereocenters. The summed E-state index contributed by atoms with van der Waals surface area (Å²) in [6.07, 6.45) is 3.13. The van der Waals surface area contributed by atoms with Crippen LogP contribution in [0.2, 0.25) is 0 Å². The molecule has 1 aromatic heterocycles. The Morgan fingerprint density at radius 1 is 1.36 bits per heavy atom. The summed E-state index contributed by atoms with van der Waals surface area (Å²) in [6, 6.07) is 7.54. The van der Waals surface area contributed by atoms with E-state index in [9.17, 15) is 0 Å². The van der Waals surface area contributed by atoms with Crippen LogP contribution in [0, 0.1) is 0 Å². The minimum atomic E-state index is 0.846. The van der Waals surface area contributed by atoms with E-state index in [1.807, 2.05) is 24.3 Å². The van der Waals surface area contributed by atoms with Gasteiger partial charge in [0, 0.05) is 21.6 Å². The molecule has 0 saturated carbocycles. The number of nitrogens with zero attached hydrogens (tertiary/aromatic N) is 2. The second-order valence-electron chi connectivity index (χ2n) is 2.78. The molecule has 0 aliphatic rings. The van der Waals surface area contributed by atoms with Crippen LogP contribution in [0.5, 0.6) is 0 Å². The minimum Gasteiger partial charge on any atom is -0.411 e. The van der Waals surface area contributed by atoms with Crippen molar-refractivity contribution in [1.82, 2.24) is 4.98 Å². The average molecular weight is 251 g/mol. The summed E-state index contributed by atoms with van der Waals surface area (Å²) in [6.45, 7) is 0. The molecule has 0 fully saturated rings. The van der Waals surface area contributed by atoms with E-state index in [0.717, 1.165) is 20.9 Å². The van der Waals surface area contributed by atoms with Gasteiger partial charge in [0.25, 0.3) is 0 Å². The molecule has 4 heteroatoms. The summed E-state index contributed by atoms with van der Waals surface area (Å²) < 4.78 is 0.934. The fraction of sp³-hybridized carbons (Fsp3) is 0. The summed E-state index contributed by atoms with van der Waals surface area (Å²) in [5.74, 6) is 0. The Bertz CT molecular complexity index is 496. The average Bonchev–Trinajstić information content (AvgIpc) is 2.23. The maximum Gasteiger partial charge on any atom is 0.0850 e. The Morgan fingerprint density at radius 3 is 3.00 bits per heavy atom. The highest BCUT2D eigenvalue weighted by molar-refractivity contribution is 9.10. The van der Waals surface area contributed by atoms with Crippen molar-refractivity contribution >= 4 is 33.0 Å². The quantitative estimate of drug-likeness (QED) is 0.481. The Hall–Kier alpha value is -1.42. The van der Waals surface area contributed by atoms with Crippen LogP contribution in [0.15, 0.2) is 40.1 Å². The lowest BCUT2D eigenvalue weighted by Gasteiger charge is -2.01. The first-order valence-corrected chi connectivity index (χ1v) is 4.83. The van der Waals surface area contributed by atoms with E-state index >= 15 is 0 Å². The Morgan fingerprint density at radius 2 is 2.21 bits per heavy atom. The molecule has 70 valence electrons. The largest absolute Gasteiger partial charge is 0.411 e. The number of benzene rings is 1. The lowest BCUT2D eigenvalue weighted by atomic mass is 10.1. The number of aromatic nitrogens is 1. The predicted molar refractivity (Wildman–Crippen MR) is 58.8 cm³/mol. The molecule has 1 N–H and O–H groups in total. The molecule has 3 nitrogen and oxygen atoms in total. The van der Waals surface area contributed by atoms with Gasteiger partial charge in [0.2, 0.25) is 0 Å². The first kappa shape index (κ1) is 9.15. The van der Waals surface area contributed by atoms with Crippen LogP contribution in [0.1, 0.15) is 5.56 Å². The number of halogens is 1. The summed E-state index contributed by atoms with van der Waals surface area (Å²) in [7, 11) is 0. The lowest BCUT2D eigenvalue weighted by Crippen LogP contribution is -1.87. The Labute approximate surface area is 89.2 Å². The van der Waals surface area contributed by atoms with Gasteiger partial charge >= 0.3 is 0 Å². The zero-order valence-electron chi connectivity index (χ0n) is 7.18. The molecule has 14 heavy (non-hydrogen) atoms. The third-order valence-electron chi connectivity index (χ3n) is 1.95. The van der Waals surface area contributed by atoms with E-state index in [2.05, 4.69) is 26.1 Å². The number of rotatable bonds is 1. The highest BCUT2D eigenvalue weighted by Gasteiger charge is 2.02. The molecule has 0 radical (unpaired) electrons. The third kappa shape index (κ3) is 1.48. The van der Waals surface area contributed by atoms with Gasteiger partial charge in [-0.25, -0.2) is 0 Å². The topological polar surface area (TPSA) is 45.5 Å². The zero-order chi connectivity index (χ0) is 9.97. The SMILES string of the molecule is O/N=C/c1ccc(Br)c2ncccc12. The van der Waals surface area contributed by atoms with Crippen LogP contribution in [0.25, 0.3) is 10.9 Å². The molecule has 0 aliphatic carbocycles. The zero-order valence-corrected chi connectivity index (χ0v) is 8.77. The fourth-order valence-electron chi connectivity index (χ4n) is 1.33. The number of oxime groups is 1. The molecular weight excluding hydrogens is 244 g/mol. The molecule has 0 atom stereocenters. The normalized spacial score (nSPS) is 11.2. The van der Waals surface area contributed by atoms with Crippen LogP contribution in [0.3, 0.4) is 0 Å². The van der Waals surface area contributed by atoms with E-state index in [-0.39, 0.29) is 0 Å². The van der Waals surface area contributed by atoms with Crippen LogP contribution in [0.4, 0.5) is 0 Å². The standard InChI is InChI=1S/C10H7BrN2O/c11-9-4-3-7(6-13-14)8-2-1-5-12-10(8)9/h1-6,14H/b13-6+. The van der Waals surface area contributed by atoms with Crippen molar-refractivity contribution in [3.63, 3.8) is 0 Å². The van der Waals surface area contributed by atoms with Gasteiger partial charge in [-0.05, 0) is 28.1 Å². The van der Waals surface area contributed by atoms with E-state index in [1.165, 1.54) is 6.21 Å². The molecule has 0 spiro atoms. The van der Waals surface area contributed by atoms with Gasteiger partial charge in [0.15, 0.2) is 0 Å². The van der Waals surface area contributed by atoms with E-state index in [4.69, 9.17) is 5.21 Å². The van der Waals surface area contributed by atoms with E-state index in [1.54, 1.807) is 6.20 Å². The summed E-state index contributed by atoms with van der Waals surface area (Å²) in [5.41, 5.74) is 1.71. The maximum absolute atomic E-state index is 8.49. The van der Waals surface area contributed by atoms with Crippen molar-refractivity contribution in [1.29, 1.82) is 0 Å². The molecule has 1 heterocycles. The molecule has 0 saturated heterocycles. The Balaban J connectivity index is 2.81. The summed E-state index contributed by atoms with van der Waals surface area (Å²) >= 11 is 3.41. The smallest absolute Gasteiger partial charge is 0.0850 e. The lowest BCUT2D eigenvalue weighted by molar-refractivity contribution is 0.322. The molecule has 0 bridgehead atoms. The molecular formula is C10H7BrN2O. The highest BCUT2D eigenvalue weighted by atomic mass is 79.9. The molecule has 2 aromatic rings. The first-order valence-electron chi connectivity index (χ1n) is 4.03. The first-order chi connectivity index (χ1) is 6.83. The molecule has 0 aliphatic heterocycles. The van der Waals surface area contributed by atoms with Crippen molar-refractivity contribution in [2.45, 2.75) is 0 Å². The maximum atomic E-state index is 8.49. The predicted octanol–water partition coefficient (Wildman–Crippen LogP) is 2.81. The van der Waals surface area contributed by atoms with Crippen LogP contribution < -0.4 is 0 Å². The van der Waals surface area contributed by atoms with Crippen molar-refractivity contribution in [3.8, 4) is 0 Å². The van der Waals surface area contributed by atoms with Crippen molar-refractivity contribution in [2.75, 3.05) is 0 Å². The van der Waals surface area contributed by atoms with E-state index in [0.29, 0.717) is 0 Å². The second-order valence-corrected chi connectivity index (χ2v) is 3.64. The van der Waals surface area contributed by atoms with Crippen LogP contribution in [-0.4, -0.2) is 16.4 Å². The summed E-state index contributed by atoms with van der Waals surface area (Å²) in [5, 5.41) is 12.5. The van der Waals surface area contributed by atoms with Gasteiger partial charge in [-0.3, -0.25) is 4.98 Å². The van der Waals surface area contributed by atoms with Crippen molar-refractivity contribution < 1.29 is 5.21 Å². The molecule has 0 amide bonds. The van der Waals surface area contributed by atoms with E-state index < -0.39 is 0 Å². The van der Waals surface area contributed by atoms with Crippen molar-refractivity contribution in [3.05, 3.63) is 40.5 Å². The molecule has 2 rings (SSSR count). The van der Waals surface area contributed by atoms with Gasteiger partial charge in [0.05, 0.1) is 11.7 Å². The van der Waals surface area contributed by atoms with Crippen LogP contribution in [-0.2, 0) is 0 Å². The van der Waals surface area contributed by atoms with Gasteiger partial charge < -0.3 is 5.21 Å². The third-order valence-corrected chi connectivity index (χ3v) is 2.59. The monoisotopic (exact) mass is 250 g/mol. The van der Waals surface area contributed by atoms with Crippen LogP contribution >= 0.6 is 15.9 Å². The van der Waals surface area contributed by atoms with Gasteiger partial charge in [-0.15, -0.1) is 0 Å². The molecule has 1 aromatic carbocycles. The highest BCUT2D eigenvalue weighted by Crippen LogP contribution is 2.23. The fourth-order valence-corrected chi connectivity index (χ4v) is 1.78. The van der Waals surface area contributed by atoms with Crippen molar-refractivity contribution in [2.24, 2.45) is 5.16 Å². The number of pyridine rings is 1. The van der Waals surface area contributed by atoms with Gasteiger partial charge in [-0.1, -0.05) is 17.3 Å². The number of hydrogen-bond acceptors (Lipinski definition) is 3. The Kier molecular flexibility index (Phi) is 2.45. The number of fused-ring (bicyclic) bond motifs is 1. The number of hydrogen-bond donors (Lipinski definition) is 1. The minimum absolute atomic E-state index is 0.846. The second kappa shape index (κ2) is 3.75. The van der Waals surface area contributed by atoms with Gasteiger partial charge in [-0.2, -0.15) is 0 Å². The van der Waals surface area contributed by atoms with Gasteiger partial charge in [0.1, 0.15) is 0 Å². The summed E-state index contributed by atoms with van der Waals surface area (Å²) in [4.78, 5) is 4.23.